The van der Waals surface area contributed by atoms with Crippen LogP contribution < -0.4 is 10.2 Å². The SMILES string of the molecule is c1ccc(-c2ccc3ncc(-c4ccnc(Nc5ccc(N6CCC6)nc5)n4)n3c2)cc1. The minimum atomic E-state index is 0.523. The third-order valence-electron chi connectivity index (χ3n) is 5.71. The first-order chi connectivity index (χ1) is 15.8. The fraction of sp³-hybridized carbons (Fsp3) is 0.120. The van der Waals surface area contributed by atoms with Crippen LogP contribution in [0.25, 0.3) is 28.2 Å². The maximum atomic E-state index is 4.73. The van der Waals surface area contributed by atoms with Crippen molar-refractivity contribution in [3.8, 4) is 22.5 Å². The molecule has 7 heteroatoms. The summed E-state index contributed by atoms with van der Waals surface area (Å²) in [5.74, 6) is 1.53. The molecule has 0 bridgehead atoms. The molecular weight excluding hydrogens is 398 g/mol. The average Bonchev–Trinajstić information content (AvgIpc) is 3.23. The van der Waals surface area contributed by atoms with E-state index in [0.29, 0.717) is 5.95 Å². The first kappa shape index (κ1) is 18.5. The van der Waals surface area contributed by atoms with Gasteiger partial charge in [-0.3, -0.25) is 4.40 Å². The van der Waals surface area contributed by atoms with Crippen molar-refractivity contribution in [1.82, 2.24) is 24.3 Å². The lowest BCUT2D eigenvalue weighted by Crippen LogP contribution is -2.37. The molecule has 7 nitrogen and oxygen atoms in total. The second-order valence-electron chi connectivity index (χ2n) is 7.79. The van der Waals surface area contributed by atoms with Crippen molar-refractivity contribution in [3.05, 3.63) is 85.5 Å². The van der Waals surface area contributed by atoms with Crippen molar-refractivity contribution in [1.29, 1.82) is 0 Å². The number of nitrogens with one attached hydrogen (secondary N) is 1. The highest BCUT2D eigenvalue weighted by atomic mass is 15.2. The molecule has 0 amide bonds. The van der Waals surface area contributed by atoms with Crippen molar-refractivity contribution >= 4 is 23.1 Å². The maximum absolute atomic E-state index is 4.73. The Morgan fingerprint density at radius 3 is 2.47 bits per heavy atom. The van der Waals surface area contributed by atoms with Gasteiger partial charge < -0.3 is 10.2 Å². The van der Waals surface area contributed by atoms with Crippen LogP contribution in [0, 0.1) is 0 Å². The summed E-state index contributed by atoms with van der Waals surface area (Å²) in [5.41, 5.74) is 5.72. The maximum Gasteiger partial charge on any atom is 0.227 e. The molecule has 1 N–H and O–H groups in total. The Labute approximate surface area is 185 Å². The van der Waals surface area contributed by atoms with Crippen LogP contribution in [0.15, 0.2) is 85.5 Å². The monoisotopic (exact) mass is 419 g/mol. The molecule has 1 fully saturated rings. The Kier molecular flexibility index (Phi) is 4.50. The van der Waals surface area contributed by atoms with Gasteiger partial charge in [0, 0.05) is 25.5 Å². The minimum Gasteiger partial charge on any atom is -0.356 e. The number of aromatic nitrogens is 5. The Bertz CT molecular complexity index is 1370. The summed E-state index contributed by atoms with van der Waals surface area (Å²) in [5, 5.41) is 3.26. The molecule has 1 aliphatic rings. The zero-order valence-electron chi connectivity index (χ0n) is 17.4. The average molecular weight is 419 g/mol. The Morgan fingerprint density at radius 1 is 0.781 bits per heavy atom. The fourth-order valence-electron chi connectivity index (χ4n) is 3.85. The van der Waals surface area contributed by atoms with Crippen molar-refractivity contribution < 1.29 is 0 Å². The van der Waals surface area contributed by atoms with E-state index in [1.807, 2.05) is 54.9 Å². The predicted octanol–water partition coefficient (Wildman–Crippen LogP) is 4.81. The van der Waals surface area contributed by atoms with Gasteiger partial charge in [-0.15, -0.1) is 0 Å². The second kappa shape index (κ2) is 7.77. The number of imidazole rings is 1. The summed E-state index contributed by atoms with van der Waals surface area (Å²) >= 11 is 0. The highest BCUT2D eigenvalue weighted by molar-refractivity contribution is 5.68. The van der Waals surface area contributed by atoms with Crippen molar-refractivity contribution in [2.45, 2.75) is 6.42 Å². The number of benzene rings is 1. The van der Waals surface area contributed by atoms with E-state index in [1.165, 1.54) is 6.42 Å². The molecule has 156 valence electrons. The lowest BCUT2D eigenvalue weighted by atomic mass is 10.1. The van der Waals surface area contributed by atoms with Crippen LogP contribution in [0.4, 0.5) is 17.5 Å². The van der Waals surface area contributed by atoms with E-state index in [2.05, 4.69) is 54.0 Å². The first-order valence-electron chi connectivity index (χ1n) is 10.7. The van der Waals surface area contributed by atoms with Gasteiger partial charge in [0.25, 0.3) is 0 Å². The normalized spacial score (nSPS) is 13.2. The molecule has 0 radical (unpaired) electrons. The van der Waals surface area contributed by atoms with Crippen LogP contribution in [0.5, 0.6) is 0 Å². The Balaban J connectivity index is 1.30. The van der Waals surface area contributed by atoms with Crippen LogP contribution in [0.2, 0.25) is 0 Å². The predicted molar refractivity (Wildman–Crippen MR) is 126 cm³/mol. The molecule has 0 unspecified atom stereocenters. The van der Waals surface area contributed by atoms with Gasteiger partial charge in [0.2, 0.25) is 5.95 Å². The quantitative estimate of drug-likeness (QED) is 0.441. The number of hydrogen-bond donors (Lipinski definition) is 1. The van der Waals surface area contributed by atoms with Gasteiger partial charge in [-0.05, 0) is 47.9 Å². The summed E-state index contributed by atoms with van der Waals surface area (Å²) in [6.45, 7) is 2.16. The van der Waals surface area contributed by atoms with Gasteiger partial charge in [0.1, 0.15) is 11.5 Å². The van der Waals surface area contributed by atoms with E-state index in [9.17, 15) is 0 Å². The minimum absolute atomic E-state index is 0.523. The van der Waals surface area contributed by atoms with Crippen LogP contribution in [0.1, 0.15) is 6.42 Å². The Morgan fingerprint density at radius 2 is 1.69 bits per heavy atom. The molecule has 0 atom stereocenters. The standard InChI is InChI=1S/C25H21N7/c1-2-5-18(6-3-1)19-7-9-24-28-16-22(32(24)17-19)21-11-12-26-25(30-21)29-20-8-10-23(27-15-20)31-13-4-14-31/h1-3,5-12,15-17H,4,13-14H2,(H,26,29,30). The van der Waals surface area contributed by atoms with Crippen molar-refractivity contribution in [2.24, 2.45) is 0 Å². The highest BCUT2D eigenvalue weighted by Gasteiger charge is 2.15. The van der Waals surface area contributed by atoms with E-state index in [4.69, 9.17) is 4.98 Å². The smallest absolute Gasteiger partial charge is 0.227 e. The molecule has 5 aromatic rings. The fourth-order valence-corrected chi connectivity index (χ4v) is 3.85. The van der Waals surface area contributed by atoms with Gasteiger partial charge in [-0.1, -0.05) is 30.3 Å². The molecule has 4 aromatic heterocycles. The van der Waals surface area contributed by atoms with Gasteiger partial charge in [0.15, 0.2) is 0 Å². The van der Waals surface area contributed by atoms with Crippen LogP contribution in [-0.2, 0) is 0 Å². The second-order valence-corrected chi connectivity index (χ2v) is 7.79. The molecule has 6 rings (SSSR count). The van der Waals surface area contributed by atoms with Crippen LogP contribution in [0.3, 0.4) is 0 Å². The summed E-state index contributed by atoms with van der Waals surface area (Å²) in [4.78, 5) is 20.5. The third-order valence-corrected chi connectivity index (χ3v) is 5.71. The lowest BCUT2D eigenvalue weighted by molar-refractivity contribution is 0.610. The van der Waals surface area contributed by atoms with Crippen molar-refractivity contribution in [2.75, 3.05) is 23.3 Å². The van der Waals surface area contributed by atoms with E-state index in [1.54, 1.807) is 6.20 Å². The number of anilines is 3. The van der Waals surface area contributed by atoms with E-state index in [0.717, 1.165) is 52.8 Å². The van der Waals surface area contributed by atoms with E-state index in [-0.39, 0.29) is 0 Å². The summed E-state index contributed by atoms with van der Waals surface area (Å²) in [6, 6.07) is 20.4. The number of pyridine rings is 2. The first-order valence-corrected chi connectivity index (χ1v) is 10.7. The number of hydrogen-bond acceptors (Lipinski definition) is 6. The molecular formula is C25H21N7. The molecule has 0 spiro atoms. The topological polar surface area (TPSA) is 71.2 Å². The van der Waals surface area contributed by atoms with Gasteiger partial charge >= 0.3 is 0 Å². The van der Waals surface area contributed by atoms with Gasteiger partial charge in [-0.25, -0.2) is 19.9 Å². The summed E-state index contributed by atoms with van der Waals surface area (Å²) in [7, 11) is 0. The van der Waals surface area contributed by atoms with Gasteiger partial charge in [-0.2, -0.15) is 0 Å². The molecule has 1 aliphatic heterocycles. The third kappa shape index (κ3) is 3.43. The zero-order chi connectivity index (χ0) is 21.3. The molecule has 0 saturated carbocycles. The van der Waals surface area contributed by atoms with Gasteiger partial charge in [0.05, 0.1) is 29.5 Å². The molecule has 1 saturated heterocycles. The zero-order valence-corrected chi connectivity index (χ0v) is 17.4. The van der Waals surface area contributed by atoms with Crippen LogP contribution in [-0.4, -0.2) is 37.4 Å². The molecule has 1 aromatic carbocycles. The number of nitrogens with zero attached hydrogens (tertiary/aromatic N) is 6. The molecule has 5 heterocycles. The molecule has 0 aliphatic carbocycles. The highest BCUT2D eigenvalue weighted by Crippen LogP contribution is 2.25. The van der Waals surface area contributed by atoms with Crippen LogP contribution >= 0.6 is 0 Å². The summed E-state index contributed by atoms with van der Waals surface area (Å²) < 4.78 is 2.07. The van der Waals surface area contributed by atoms with E-state index >= 15 is 0 Å². The Hall–Kier alpha value is -4.26. The largest absolute Gasteiger partial charge is 0.356 e. The number of fused-ring (bicyclic) bond motifs is 1. The molecule has 32 heavy (non-hydrogen) atoms. The summed E-state index contributed by atoms with van der Waals surface area (Å²) in [6.07, 6.45) is 8.76. The lowest BCUT2D eigenvalue weighted by Gasteiger charge is -2.31. The van der Waals surface area contributed by atoms with E-state index < -0.39 is 0 Å². The van der Waals surface area contributed by atoms with Crippen molar-refractivity contribution in [3.63, 3.8) is 0 Å². The number of rotatable bonds is 5.